The third-order valence-electron chi connectivity index (χ3n) is 4.36. The summed E-state index contributed by atoms with van der Waals surface area (Å²) < 4.78 is 36.7. The molecular weight excluding hydrogens is 373 g/mol. The lowest BCUT2D eigenvalue weighted by Gasteiger charge is -2.36. The van der Waals surface area contributed by atoms with Gasteiger partial charge in [0.1, 0.15) is 5.82 Å². The number of benzene rings is 2. The third kappa shape index (κ3) is 4.44. The van der Waals surface area contributed by atoms with Crippen molar-refractivity contribution in [3.05, 3.63) is 59.9 Å². The zero-order chi connectivity index (χ0) is 19.4. The van der Waals surface area contributed by atoms with Crippen LogP contribution in [0, 0.1) is 5.82 Å². The van der Waals surface area contributed by atoms with Crippen LogP contribution in [0.1, 0.15) is 10.4 Å². The Hall–Kier alpha value is -2.49. The van der Waals surface area contributed by atoms with Gasteiger partial charge in [-0.2, -0.15) is 0 Å². The van der Waals surface area contributed by atoms with Crippen LogP contribution in [0.2, 0.25) is 0 Å². The Labute approximate surface area is 157 Å². The van der Waals surface area contributed by atoms with Gasteiger partial charge in [-0.1, -0.05) is 4.89 Å². The summed E-state index contributed by atoms with van der Waals surface area (Å²) in [6.07, 6.45) is 0. The minimum Gasteiger partial charge on any atom is -0.368 e. The molecule has 2 aromatic rings. The lowest BCUT2D eigenvalue weighted by atomic mass is 10.1. The normalized spacial score (nSPS) is 15.0. The van der Waals surface area contributed by atoms with Crippen LogP contribution in [0.5, 0.6) is 0 Å². The highest BCUT2D eigenvalue weighted by Crippen LogP contribution is 2.18. The predicted molar refractivity (Wildman–Crippen MR) is 98.3 cm³/mol. The van der Waals surface area contributed by atoms with Crippen LogP contribution in [-0.2, 0) is 14.9 Å². The molecule has 0 spiro atoms. The Balaban J connectivity index is 1.63. The molecule has 144 valence electrons. The van der Waals surface area contributed by atoms with Gasteiger partial charge in [-0.3, -0.25) is 9.63 Å². The fourth-order valence-electron chi connectivity index (χ4n) is 2.94. The molecular formula is C18H20FN3O4S. The standard InChI is InChI=1S/C18H20FN3O4S/c1-26-20-27(24,25)17-8-2-14(3-9-17)18(23)22-12-10-21(11-13-22)16-6-4-15(19)5-7-16/h2-9,20H,10-13H2,1H3. The van der Waals surface area contributed by atoms with Crippen LogP contribution >= 0.6 is 0 Å². The molecule has 1 saturated heterocycles. The molecule has 1 aliphatic rings. The van der Waals surface area contributed by atoms with E-state index in [0.717, 1.165) is 5.69 Å². The third-order valence-corrected chi connectivity index (χ3v) is 5.64. The molecule has 1 aliphatic heterocycles. The van der Waals surface area contributed by atoms with Crippen LogP contribution in [0.3, 0.4) is 0 Å². The van der Waals surface area contributed by atoms with E-state index in [0.29, 0.717) is 31.7 Å². The molecule has 1 amide bonds. The highest BCUT2D eigenvalue weighted by atomic mass is 32.2. The molecule has 0 aliphatic carbocycles. The van der Waals surface area contributed by atoms with Gasteiger partial charge in [0.2, 0.25) is 0 Å². The molecule has 3 rings (SSSR count). The van der Waals surface area contributed by atoms with Crippen LogP contribution in [-0.4, -0.2) is 52.5 Å². The Bertz CT molecular complexity index is 893. The summed E-state index contributed by atoms with van der Waals surface area (Å²) in [5.41, 5.74) is 1.34. The minimum absolute atomic E-state index is 0.0158. The summed E-state index contributed by atoms with van der Waals surface area (Å²) in [6, 6.07) is 12.0. The van der Waals surface area contributed by atoms with E-state index in [1.165, 1.54) is 43.5 Å². The maximum Gasteiger partial charge on any atom is 0.262 e. The van der Waals surface area contributed by atoms with E-state index in [1.54, 1.807) is 17.0 Å². The molecule has 27 heavy (non-hydrogen) atoms. The van der Waals surface area contributed by atoms with Crippen LogP contribution in [0.25, 0.3) is 0 Å². The Kier molecular flexibility index (Phi) is 5.73. The molecule has 2 aromatic carbocycles. The zero-order valence-corrected chi connectivity index (χ0v) is 15.6. The molecule has 0 bridgehead atoms. The average molecular weight is 393 g/mol. The fraction of sp³-hybridized carbons (Fsp3) is 0.278. The molecule has 1 heterocycles. The number of nitrogens with one attached hydrogen (secondary N) is 1. The zero-order valence-electron chi connectivity index (χ0n) is 14.8. The number of hydrogen-bond acceptors (Lipinski definition) is 5. The topological polar surface area (TPSA) is 78.9 Å². The summed E-state index contributed by atoms with van der Waals surface area (Å²) >= 11 is 0. The second-order valence-electron chi connectivity index (χ2n) is 6.07. The first-order valence-corrected chi connectivity index (χ1v) is 9.84. The summed E-state index contributed by atoms with van der Waals surface area (Å²) in [5, 5.41) is 0. The molecule has 0 saturated carbocycles. The van der Waals surface area contributed by atoms with Crippen LogP contribution < -0.4 is 9.79 Å². The quantitative estimate of drug-likeness (QED) is 0.781. The van der Waals surface area contributed by atoms with E-state index in [2.05, 4.69) is 9.74 Å². The van der Waals surface area contributed by atoms with E-state index in [4.69, 9.17) is 0 Å². The largest absolute Gasteiger partial charge is 0.368 e. The first-order valence-electron chi connectivity index (χ1n) is 8.35. The number of piperazine rings is 1. The van der Waals surface area contributed by atoms with Gasteiger partial charge in [-0.05, 0) is 48.5 Å². The molecule has 9 heteroatoms. The average Bonchev–Trinajstić information content (AvgIpc) is 2.68. The van der Waals surface area contributed by atoms with E-state index in [9.17, 15) is 17.6 Å². The van der Waals surface area contributed by atoms with E-state index >= 15 is 0 Å². The van der Waals surface area contributed by atoms with Gasteiger partial charge in [-0.15, -0.1) is 0 Å². The predicted octanol–water partition coefficient (Wildman–Crippen LogP) is 1.63. The van der Waals surface area contributed by atoms with E-state index < -0.39 is 10.0 Å². The maximum atomic E-state index is 13.0. The molecule has 0 atom stereocenters. The Morgan fingerprint density at radius 1 is 1.00 bits per heavy atom. The number of amides is 1. The van der Waals surface area contributed by atoms with E-state index in [-0.39, 0.29) is 16.6 Å². The second-order valence-corrected chi connectivity index (χ2v) is 7.72. The van der Waals surface area contributed by atoms with Crippen molar-refractivity contribution < 1.29 is 22.4 Å². The Morgan fingerprint density at radius 2 is 1.59 bits per heavy atom. The summed E-state index contributed by atoms with van der Waals surface area (Å²) in [4.78, 5) is 22.8. The molecule has 1 fully saturated rings. The number of rotatable bonds is 5. The SMILES string of the molecule is CONS(=O)(=O)c1ccc(C(=O)N2CCN(c3ccc(F)cc3)CC2)cc1. The smallest absolute Gasteiger partial charge is 0.262 e. The van der Waals surface area contributed by atoms with Crippen molar-refractivity contribution >= 4 is 21.6 Å². The van der Waals surface area contributed by atoms with E-state index in [1.807, 2.05) is 4.89 Å². The van der Waals surface area contributed by atoms with Crippen molar-refractivity contribution in [1.29, 1.82) is 0 Å². The van der Waals surface area contributed by atoms with Gasteiger partial charge in [0.15, 0.2) is 0 Å². The summed E-state index contributed by atoms with van der Waals surface area (Å²) in [5.74, 6) is -0.434. The molecule has 1 N–H and O–H groups in total. The van der Waals surface area contributed by atoms with Gasteiger partial charge in [0.25, 0.3) is 15.9 Å². The number of nitrogens with zero attached hydrogens (tertiary/aromatic N) is 2. The van der Waals surface area contributed by atoms with Crippen molar-refractivity contribution in [2.24, 2.45) is 0 Å². The van der Waals surface area contributed by atoms with Crippen molar-refractivity contribution in [1.82, 2.24) is 9.79 Å². The monoisotopic (exact) mass is 393 g/mol. The number of carbonyl (C=O) groups is 1. The lowest BCUT2D eigenvalue weighted by Crippen LogP contribution is -2.48. The highest BCUT2D eigenvalue weighted by molar-refractivity contribution is 7.89. The number of hydrogen-bond donors (Lipinski definition) is 1. The molecule has 0 aromatic heterocycles. The van der Waals surface area contributed by atoms with Gasteiger partial charge in [-0.25, -0.2) is 12.8 Å². The van der Waals surface area contributed by atoms with Crippen molar-refractivity contribution in [2.45, 2.75) is 4.90 Å². The summed E-state index contributed by atoms with van der Waals surface area (Å²) in [6.45, 7) is 2.34. The van der Waals surface area contributed by atoms with Crippen LogP contribution in [0.15, 0.2) is 53.4 Å². The van der Waals surface area contributed by atoms with Gasteiger partial charge < -0.3 is 9.80 Å². The number of carbonyl (C=O) groups excluding carboxylic acids is 1. The van der Waals surface area contributed by atoms with Crippen molar-refractivity contribution in [2.75, 3.05) is 38.2 Å². The van der Waals surface area contributed by atoms with Crippen molar-refractivity contribution in [3.63, 3.8) is 0 Å². The Morgan fingerprint density at radius 3 is 2.15 bits per heavy atom. The van der Waals surface area contributed by atoms with Crippen LogP contribution in [0.4, 0.5) is 10.1 Å². The number of halogens is 1. The number of sulfonamides is 1. The van der Waals surface area contributed by atoms with Gasteiger partial charge in [0.05, 0.1) is 12.0 Å². The summed E-state index contributed by atoms with van der Waals surface area (Å²) in [7, 11) is -2.54. The lowest BCUT2D eigenvalue weighted by molar-refractivity contribution is 0.0746. The second kappa shape index (κ2) is 8.03. The van der Waals surface area contributed by atoms with Gasteiger partial charge in [0, 0.05) is 37.4 Å². The van der Waals surface area contributed by atoms with Gasteiger partial charge >= 0.3 is 0 Å². The molecule has 7 nitrogen and oxygen atoms in total. The highest BCUT2D eigenvalue weighted by Gasteiger charge is 2.23. The number of anilines is 1. The molecule has 0 radical (unpaired) electrons. The maximum absolute atomic E-state index is 13.0. The van der Waals surface area contributed by atoms with Crippen molar-refractivity contribution in [3.8, 4) is 0 Å². The first kappa shape index (κ1) is 19.3. The minimum atomic E-state index is -3.75. The fourth-order valence-corrected chi connectivity index (χ4v) is 3.75. The first-order chi connectivity index (χ1) is 12.9. The molecule has 0 unspecified atom stereocenters.